The molecule has 0 radical (unpaired) electrons. The Hall–Kier alpha value is -0.170. The maximum Gasteiger partial charge on any atom is 0.208 e. The van der Waals surface area contributed by atoms with Crippen molar-refractivity contribution >= 4 is 10.0 Å². The van der Waals surface area contributed by atoms with Gasteiger partial charge in [0.15, 0.2) is 0 Å². The lowest BCUT2D eigenvalue weighted by atomic mass is 9.94. The summed E-state index contributed by atoms with van der Waals surface area (Å²) in [6.45, 7) is 9.29. The largest absolute Gasteiger partial charge is 0.368 e. The molecule has 0 amide bonds. The molecule has 0 saturated carbocycles. The molecule has 17 heavy (non-hydrogen) atoms. The standard InChI is InChI=1S/C11H24N2O3S/c1-10(2)8-9(11(3,4)16-10)12-6-7-13-17(5,14)15/h9,12-13H,6-8H2,1-5H3. The number of hydrogen-bond donors (Lipinski definition) is 2. The Morgan fingerprint density at radius 3 is 2.24 bits per heavy atom. The van der Waals surface area contributed by atoms with E-state index < -0.39 is 10.0 Å². The van der Waals surface area contributed by atoms with Crippen molar-refractivity contribution in [2.75, 3.05) is 19.3 Å². The van der Waals surface area contributed by atoms with Gasteiger partial charge in [0.2, 0.25) is 10.0 Å². The zero-order valence-electron chi connectivity index (χ0n) is 11.3. The maximum absolute atomic E-state index is 10.9. The van der Waals surface area contributed by atoms with Gasteiger partial charge < -0.3 is 10.1 Å². The first-order valence-electron chi connectivity index (χ1n) is 5.90. The lowest BCUT2D eigenvalue weighted by Gasteiger charge is -2.27. The Balaban J connectivity index is 2.38. The first-order valence-corrected chi connectivity index (χ1v) is 7.79. The highest BCUT2D eigenvalue weighted by atomic mass is 32.2. The van der Waals surface area contributed by atoms with Crippen molar-refractivity contribution in [3.63, 3.8) is 0 Å². The van der Waals surface area contributed by atoms with Crippen LogP contribution in [0.4, 0.5) is 0 Å². The van der Waals surface area contributed by atoms with E-state index in [1.165, 1.54) is 6.26 Å². The van der Waals surface area contributed by atoms with Crippen LogP contribution in [0.3, 0.4) is 0 Å². The second kappa shape index (κ2) is 4.84. The molecular weight excluding hydrogens is 240 g/mol. The number of ether oxygens (including phenoxy) is 1. The maximum atomic E-state index is 10.9. The van der Waals surface area contributed by atoms with Gasteiger partial charge in [-0.05, 0) is 34.1 Å². The van der Waals surface area contributed by atoms with Gasteiger partial charge in [0, 0.05) is 19.1 Å². The summed E-state index contributed by atoms with van der Waals surface area (Å²) >= 11 is 0. The van der Waals surface area contributed by atoms with E-state index in [0.717, 1.165) is 6.42 Å². The fourth-order valence-corrected chi connectivity index (χ4v) is 2.84. The molecule has 102 valence electrons. The number of rotatable bonds is 5. The Kier molecular flexibility index (Phi) is 4.24. The highest BCUT2D eigenvalue weighted by Gasteiger charge is 2.45. The molecule has 0 aromatic rings. The van der Waals surface area contributed by atoms with Gasteiger partial charge in [-0.1, -0.05) is 0 Å². The molecule has 1 atom stereocenters. The molecule has 1 unspecified atom stereocenters. The predicted octanol–water partition coefficient (Wildman–Crippen LogP) is 0.471. The van der Waals surface area contributed by atoms with Crippen molar-refractivity contribution < 1.29 is 13.2 Å². The molecule has 0 aliphatic carbocycles. The molecule has 1 aliphatic heterocycles. The molecule has 1 fully saturated rings. The molecule has 5 nitrogen and oxygen atoms in total. The van der Waals surface area contributed by atoms with Crippen LogP contribution in [0.2, 0.25) is 0 Å². The van der Waals surface area contributed by atoms with Gasteiger partial charge in [-0.25, -0.2) is 13.1 Å². The van der Waals surface area contributed by atoms with Gasteiger partial charge in [-0.15, -0.1) is 0 Å². The van der Waals surface area contributed by atoms with Gasteiger partial charge in [-0.2, -0.15) is 0 Å². The van der Waals surface area contributed by atoms with E-state index in [4.69, 9.17) is 4.74 Å². The molecule has 0 aromatic carbocycles. The van der Waals surface area contributed by atoms with Crippen molar-refractivity contribution in [1.82, 2.24) is 10.0 Å². The third-order valence-electron chi connectivity index (χ3n) is 2.95. The van der Waals surface area contributed by atoms with Gasteiger partial charge >= 0.3 is 0 Å². The Bertz CT molecular complexity index is 363. The fourth-order valence-electron chi connectivity index (χ4n) is 2.36. The Morgan fingerprint density at radius 2 is 1.82 bits per heavy atom. The van der Waals surface area contributed by atoms with Crippen LogP contribution in [0.5, 0.6) is 0 Å². The lowest BCUT2D eigenvalue weighted by Crippen LogP contribution is -2.45. The monoisotopic (exact) mass is 264 g/mol. The first kappa shape index (κ1) is 14.9. The average molecular weight is 264 g/mol. The predicted molar refractivity (Wildman–Crippen MR) is 68.5 cm³/mol. The SMILES string of the molecule is CC1(C)CC(NCCNS(C)(=O)=O)C(C)(C)O1. The summed E-state index contributed by atoms with van der Waals surface area (Å²) in [4.78, 5) is 0. The van der Waals surface area contributed by atoms with Crippen molar-refractivity contribution in [1.29, 1.82) is 0 Å². The summed E-state index contributed by atoms with van der Waals surface area (Å²) in [7, 11) is -3.09. The molecule has 6 heteroatoms. The molecule has 0 bridgehead atoms. The van der Waals surface area contributed by atoms with Crippen molar-refractivity contribution in [2.24, 2.45) is 0 Å². The molecule has 1 saturated heterocycles. The summed E-state index contributed by atoms with van der Waals surface area (Å²) in [6.07, 6.45) is 2.09. The van der Waals surface area contributed by atoms with E-state index in [1.807, 2.05) is 0 Å². The molecular formula is C11H24N2O3S. The van der Waals surface area contributed by atoms with Crippen LogP contribution >= 0.6 is 0 Å². The molecule has 2 N–H and O–H groups in total. The van der Waals surface area contributed by atoms with Gasteiger partial charge in [0.1, 0.15) is 0 Å². The third kappa shape index (κ3) is 4.91. The summed E-state index contributed by atoms with van der Waals surface area (Å²) < 4.78 is 30.2. The van der Waals surface area contributed by atoms with E-state index in [0.29, 0.717) is 13.1 Å². The molecule has 1 heterocycles. The smallest absolute Gasteiger partial charge is 0.208 e. The summed E-state index contributed by atoms with van der Waals surface area (Å²) in [5.41, 5.74) is -0.333. The van der Waals surface area contributed by atoms with E-state index in [-0.39, 0.29) is 17.2 Å². The summed E-state index contributed by atoms with van der Waals surface area (Å²) in [5, 5.41) is 3.35. The number of sulfonamides is 1. The highest BCUT2D eigenvalue weighted by Crippen LogP contribution is 2.36. The topological polar surface area (TPSA) is 67.4 Å². The summed E-state index contributed by atoms with van der Waals surface area (Å²) in [6, 6.07) is 0.249. The van der Waals surface area contributed by atoms with E-state index in [1.54, 1.807) is 0 Å². The minimum Gasteiger partial charge on any atom is -0.368 e. The second-order valence-electron chi connectivity index (χ2n) is 5.84. The van der Waals surface area contributed by atoms with Crippen molar-refractivity contribution in [2.45, 2.75) is 51.4 Å². The minimum atomic E-state index is -3.09. The zero-order valence-corrected chi connectivity index (χ0v) is 12.1. The first-order chi connectivity index (χ1) is 7.52. The average Bonchev–Trinajstić information content (AvgIpc) is 2.26. The van der Waals surface area contributed by atoms with E-state index in [2.05, 4.69) is 37.7 Å². The quantitative estimate of drug-likeness (QED) is 0.708. The van der Waals surface area contributed by atoms with Gasteiger partial charge in [0.25, 0.3) is 0 Å². The molecule has 1 aliphatic rings. The molecule has 0 spiro atoms. The molecule has 0 aromatic heterocycles. The third-order valence-corrected chi connectivity index (χ3v) is 3.68. The Morgan fingerprint density at radius 1 is 1.24 bits per heavy atom. The van der Waals surface area contributed by atoms with Crippen LogP contribution in [0.1, 0.15) is 34.1 Å². The fraction of sp³-hybridized carbons (Fsp3) is 1.00. The van der Waals surface area contributed by atoms with Crippen molar-refractivity contribution in [3.8, 4) is 0 Å². The van der Waals surface area contributed by atoms with Crippen LogP contribution < -0.4 is 10.0 Å². The Labute approximate surface area is 104 Å². The van der Waals surface area contributed by atoms with Crippen LogP contribution in [0.25, 0.3) is 0 Å². The lowest BCUT2D eigenvalue weighted by molar-refractivity contribution is -0.0697. The normalized spacial score (nSPS) is 27.2. The van der Waals surface area contributed by atoms with Crippen LogP contribution in [0.15, 0.2) is 0 Å². The van der Waals surface area contributed by atoms with E-state index in [9.17, 15) is 8.42 Å². The number of nitrogens with one attached hydrogen (secondary N) is 2. The molecule has 1 rings (SSSR count). The number of hydrogen-bond acceptors (Lipinski definition) is 4. The minimum absolute atomic E-state index is 0.120. The van der Waals surface area contributed by atoms with E-state index >= 15 is 0 Å². The second-order valence-corrected chi connectivity index (χ2v) is 7.68. The van der Waals surface area contributed by atoms with Gasteiger partial charge in [0.05, 0.1) is 17.5 Å². The highest BCUT2D eigenvalue weighted by molar-refractivity contribution is 7.88. The van der Waals surface area contributed by atoms with Crippen LogP contribution in [0, 0.1) is 0 Å². The van der Waals surface area contributed by atoms with Crippen LogP contribution in [-0.2, 0) is 14.8 Å². The zero-order chi connectivity index (χ0) is 13.3. The van der Waals surface area contributed by atoms with Crippen LogP contribution in [-0.4, -0.2) is 45.0 Å². The van der Waals surface area contributed by atoms with Crippen molar-refractivity contribution in [3.05, 3.63) is 0 Å². The summed E-state index contributed by atoms with van der Waals surface area (Å²) in [5.74, 6) is 0. The van der Waals surface area contributed by atoms with Gasteiger partial charge in [-0.3, -0.25) is 0 Å².